The Kier molecular flexibility index (Phi) is 5.33. The van der Waals surface area contributed by atoms with Gasteiger partial charge in [0, 0.05) is 25.5 Å². The summed E-state index contributed by atoms with van der Waals surface area (Å²) >= 11 is 0. The van der Waals surface area contributed by atoms with Crippen LogP contribution in [0, 0.1) is 6.92 Å². The molecule has 7 nitrogen and oxygen atoms in total. The number of pyridine rings is 1. The van der Waals surface area contributed by atoms with Crippen LogP contribution in [-0.2, 0) is 24.4 Å². The fourth-order valence-electron chi connectivity index (χ4n) is 3.02. The Morgan fingerprint density at radius 3 is 3.00 bits per heavy atom. The summed E-state index contributed by atoms with van der Waals surface area (Å²) in [5.74, 6) is -0.366. The first-order valence-corrected chi connectivity index (χ1v) is 8.69. The van der Waals surface area contributed by atoms with E-state index in [9.17, 15) is 9.59 Å². The van der Waals surface area contributed by atoms with Crippen LogP contribution < -0.4 is 10.9 Å². The minimum Gasteiger partial charge on any atom is -0.376 e. The Morgan fingerprint density at radius 2 is 2.32 bits per heavy atom. The molecule has 2 aromatic rings. The van der Waals surface area contributed by atoms with E-state index in [1.807, 2.05) is 17.7 Å². The van der Waals surface area contributed by atoms with Crippen molar-refractivity contribution in [3.05, 3.63) is 52.0 Å². The maximum atomic E-state index is 12.7. The number of ether oxygens (including phenoxy) is 1. The van der Waals surface area contributed by atoms with Crippen LogP contribution in [0.15, 0.2) is 29.6 Å². The largest absolute Gasteiger partial charge is 0.376 e. The monoisotopic (exact) mass is 344 g/mol. The summed E-state index contributed by atoms with van der Waals surface area (Å²) in [6.45, 7) is 6.15. The summed E-state index contributed by atoms with van der Waals surface area (Å²) in [5.41, 5.74) is 1.36. The Hall–Kier alpha value is -2.41. The number of aromatic nitrogens is 3. The Bertz CT molecular complexity index is 803. The molecule has 25 heavy (non-hydrogen) atoms. The van der Waals surface area contributed by atoms with Gasteiger partial charge in [-0.1, -0.05) is 0 Å². The van der Waals surface area contributed by atoms with Gasteiger partial charge in [0.15, 0.2) is 0 Å². The van der Waals surface area contributed by atoms with Crippen LogP contribution in [-0.4, -0.2) is 32.7 Å². The number of carbonyl (C=O) groups excluding carboxylic acids is 1. The third kappa shape index (κ3) is 3.99. The summed E-state index contributed by atoms with van der Waals surface area (Å²) in [7, 11) is 0. The molecule has 1 amide bonds. The van der Waals surface area contributed by atoms with Gasteiger partial charge in [-0.25, -0.2) is 4.98 Å². The van der Waals surface area contributed by atoms with Crippen LogP contribution in [0.5, 0.6) is 0 Å². The second-order valence-electron chi connectivity index (χ2n) is 6.34. The van der Waals surface area contributed by atoms with Crippen molar-refractivity contribution in [1.82, 2.24) is 19.4 Å². The number of carbonyl (C=O) groups is 1. The van der Waals surface area contributed by atoms with Gasteiger partial charge >= 0.3 is 0 Å². The highest BCUT2D eigenvalue weighted by Gasteiger charge is 2.20. The van der Waals surface area contributed by atoms with Gasteiger partial charge < -0.3 is 19.2 Å². The topological polar surface area (TPSA) is 78.2 Å². The number of nitrogens with zero attached hydrogens (tertiary/aromatic N) is 3. The Morgan fingerprint density at radius 1 is 1.48 bits per heavy atom. The molecule has 1 unspecified atom stereocenters. The summed E-state index contributed by atoms with van der Waals surface area (Å²) in [6, 6.07) is 1.80. The maximum absolute atomic E-state index is 12.7. The molecule has 134 valence electrons. The number of rotatable bonds is 6. The molecule has 1 aliphatic heterocycles. The zero-order valence-electron chi connectivity index (χ0n) is 14.7. The Balaban J connectivity index is 1.73. The smallest absolute Gasteiger partial charge is 0.263 e. The van der Waals surface area contributed by atoms with Gasteiger partial charge in [0.2, 0.25) is 0 Å². The van der Waals surface area contributed by atoms with E-state index in [1.54, 1.807) is 30.1 Å². The maximum Gasteiger partial charge on any atom is 0.263 e. The van der Waals surface area contributed by atoms with E-state index in [-0.39, 0.29) is 23.1 Å². The first kappa shape index (κ1) is 17.4. The van der Waals surface area contributed by atoms with Crippen LogP contribution in [0.2, 0.25) is 0 Å². The quantitative estimate of drug-likeness (QED) is 0.861. The minimum atomic E-state index is -0.366. The van der Waals surface area contributed by atoms with Crippen molar-refractivity contribution in [2.24, 2.45) is 0 Å². The molecule has 0 aliphatic carbocycles. The summed E-state index contributed by atoms with van der Waals surface area (Å²) in [6.07, 6.45) is 7.36. The standard InChI is InChI=1S/C18H24N4O3/c1-3-21-10-14(20-12-21)9-19-17(23)16-13(2)6-7-22(18(16)24)11-15-5-4-8-25-15/h6-7,10,12,15H,3-5,8-9,11H2,1-2H3,(H,19,23). The molecule has 3 heterocycles. The molecule has 2 aromatic heterocycles. The molecule has 0 radical (unpaired) electrons. The highest BCUT2D eigenvalue weighted by molar-refractivity contribution is 5.95. The molecule has 1 saturated heterocycles. The average Bonchev–Trinajstić information content (AvgIpc) is 3.27. The lowest BCUT2D eigenvalue weighted by molar-refractivity contribution is 0.0928. The van der Waals surface area contributed by atoms with Gasteiger partial charge in [-0.3, -0.25) is 9.59 Å². The lowest BCUT2D eigenvalue weighted by Crippen LogP contribution is -2.35. The van der Waals surface area contributed by atoms with E-state index in [4.69, 9.17) is 4.74 Å². The van der Waals surface area contributed by atoms with E-state index in [1.165, 1.54) is 0 Å². The van der Waals surface area contributed by atoms with Crippen molar-refractivity contribution < 1.29 is 9.53 Å². The fourth-order valence-corrected chi connectivity index (χ4v) is 3.02. The average molecular weight is 344 g/mol. The van der Waals surface area contributed by atoms with Gasteiger partial charge in [-0.05, 0) is 38.3 Å². The highest BCUT2D eigenvalue weighted by atomic mass is 16.5. The van der Waals surface area contributed by atoms with Crippen molar-refractivity contribution in [2.45, 2.75) is 52.4 Å². The molecule has 1 aliphatic rings. The van der Waals surface area contributed by atoms with E-state index < -0.39 is 0 Å². The van der Waals surface area contributed by atoms with E-state index in [0.29, 0.717) is 18.7 Å². The van der Waals surface area contributed by atoms with Gasteiger partial charge in [0.25, 0.3) is 11.5 Å². The van der Waals surface area contributed by atoms with E-state index >= 15 is 0 Å². The normalized spacial score (nSPS) is 17.0. The number of imidazole rings is 1. The number of amides is 1. The lowest BCUT2D eigenvalue weighted by atomic mass is 10.1. The molecule has 3 rings (SSSR count). The van der Waals surface area contributed by atoms with E-state index in [0.717, 1.165) is 31.7 Å². The van der Waals surface area contributed by atoms with Gasteiger partial charge in [-0.15, -0.1) is 0 Å². The van der Waals surface area contributed by atoms with Gasteiger partial charge in [0.1, 0.15) is 5.56 Å². The van der Waals surface area contributed by atoms with Crippen molar-refractivity contribution in [3.63, 3.8) is 0 Å². The second kappa shape index (κ2) is 7.65. The number of nitrogens with one attached hydrogen (secondary N) is 1. The van der Waals surface area contributed by atoms with Crippen molar-refractivity contribution in [3.8, 4) is 0 Å². The summed E-state index contributed by atoms with van der Waals surface area (Å²) in [5, 5.41) is 2.80. The molecule has 1 atom stereocenters. The SMILES string of the molecule is CCn1cnc(CNC(=O)c2c(C)ccn(CC3CCCO3)c2=O)c1. The Labute approximate surface area is 146 Å². The fraction of sp³-hybridized carbons (Fsp3) is 0.500. The number of aryl methyl sites for hydroxylation is 2. The first-order chi connectivity index (χ1) is 12.1. The zero-order valence-corrected chi connectivity index (χ0v) is 14.7. The van der Waals surface area contributed by atoms with Crippen LogP contribution in [0.1, 0.15) is 41.4 Å². The summed E-state index contributed by atoms with van der Waals surface area (Å²) in [4.78, 5) is 29.5. The molecule has 7 heteroatoms. The molecule has 1 fully saturated rings. The van der Waals surface area contributed by atoms with Gasteiger partial charge in [0.05, 0.1) is 31.2 Å². The predicted molar refractivity (Wildman–Crippen MR) is 93.5 cm³/mol. The lowest BCUT2D eigenvalue weighted by Gasteiger charge is -2.14. The first-order valence-electron chi connectivity index (χ1n) is 8.69. The minimum absolute atomic E-state index is 0.0503. The second-order valence-corrected chi connectivity index (χ2v) is 6.34. The van der Waals surface area contributed by atoms with Crippen molar-refractivity contribution in [2.75, 3.05) is 6.61 Å². The predicted octanol–water partition coefficient (Wildman–Crippen LogP) is 1.48. The van der Waals surface area contributed by atoms with Crippen LogP contribution in [0.3, 0.4) is 0 Å². The van der Waals surface area contributed by atoms with Crippen LogP contribution in [0.4, 0.5) is 0 Å². The summed E-state index contributed by atoms with van der Waals surface area (Å²) < 4.78 is 9.10. The van der Waals surface area contributed by atoms with Crippen molar-refractivity contribution in [1.29, 1.82) is 0 Å². The molecule has 0 aromatic carbocycles. The molecular weight excluding hydrogens is 320 g/mol. The van der Waals surface area contributed by atoms with Crippen molar-refractivity contribution >= 4 is 5.91 Å². The molecule has 1 N–H and O–H groups in total. The third-order valence-electron chi connectivity index (χ3n) is 4.51. The van der Waals surface area contributed by atoms with Crippen LogP contribution >= 0.6 is 0 Å². The zero-order chi connectivity index (χ0) is 17.8. The molecule has 0 bridgehead atoms. The molecular formula is C18H24N4O3. The molecule has 0 spiro atoms. The molecule has 0 saturated carbocycles. The highest BCUT2D eigenvalue weighted by Crippen LogP contribution is 2.13. The van der Waals surface area contributed by atoms with Gasteiger partial charge in [-0.2, -0.15) is 0 Å². The van der Waals surface area contributed by atoms with E-state index in [2.05, 4.69) is 10.3 Å². The van der Waals surface area contributed by atoms with Crippen LogP contribution in [0.25, 0.3) is 0 Å². The number of hydrogen-bond donors (Lipinski definition) is 1. The third-order valence-corrected chi connectivity index (χ3v) is 4.51. The number of hydrogen-bond acceptors (Lipinski definition) is 4.